The van der Waals surface area contributed by atoms with Crippen molar-refractivity contribution in [1.29, 1.82) is 0 Å². The van der Waals surface area contributed by atoms with Crippen molar-refractivity contribution in [2.75, 3.05) is 13.2 Å². The average molecular weight is 641 g/mol. The van der Waals surface area contributed by atoms with Crippen molar-refractivity contribution in [3.05, 3.63) is 95.5 Å². The van der Waals surface area contributed by atoms with Gasteiger partial charge in [0.05, 0.1) is 13.2 Å². The van der Waals surface area contributed by atoms with Crippen molar-refractivity contribution in [2.24, 2.45) is 11.8 Å². The molecule has 0 radical (unpaired) electrons. The molecular formula is C34H35F7O4. The number of halogens is 7. The fourth-order valence-electron chi connectivity index (χ4n) is 5.19. The Hall–Kier alpha value is -3.89. The molecule has 4 nitrogen and oxygen atoms in total. The summed E-state index contributed by atoms with van der Waals surface area (Å²) >= 11 is 0. The van der Waals surface area contributed by atoms with Crippen molar-refractivity contribution in [3.8, 4) is 23.0 Å². The van der Waals surface area contributed by atoms with E-state index in [0.29, 0.717) is 24.7 Å². The first-order chi connectivity index (χ1) is 21.5. The molecule has 0 atom stereocenters. The van der Waals surface area contributed by atoms with E-state index in [1.807, 2.05) is 12.1 Å². The third-order valence-corrected chi connectivity index (χ3v) is 7.72. The molecule has 1 fully saturated rings. The van der Waals surface area contributed by atoms with E-state index < -0.39 is 46.7 Å². The fraction of sp³-hybridized carbons (Fsp3) is 0.412. The molecule has 11 heteroatoms. The van der Waals surface area contributed by atoms with Crippen LogP contribution in [0.3, 0.4) is 0 Å². The first kappa shape index (κ1) is 34.0. The molecule has 0 saturated heterocycles. The molecule has 1 saturated carbocycles. The van der Waals surface area contributed by atoms with Gasteiger partial charge in [-0.3, -0.25) is 0 Å². The highest BCUT2D eigenvalue weighted by atomic mass is 19.3. The van der Waals surface area contributed by atoms with Gasteiger partial charge in [0, 0.05) is 18.2 Å². The van der Waals surface area contributed by atoms with Gasteiger partial charge in [0.25, 0.3) is 0 Å². The minimum Gasteiger partial charge on any atom is -0.494 e. The maximum absolute atomic E-state index is 14.7. The minimum atomic E-state index is -4.32. The summed E-state index contributed by atoms with van der Waals surface area (Å²) in [5, 5.41) is 0. The number of benzene rings is 3. The summed E-state index contributed by atoms with van der Waals surface area (Å²) in [6.45, 7) is 3.16. The highest BCUT2D eigenvalue weighted by Gasteiger charge is 2.38. The molecule has 0 amide bonds. The quantitative estimate of drug-likeness (QED) is 0.0941. The molecule has 45 heavy (non-hydrogen) atoms. The van der Waals surface area contributed by atoms with Gasteiger partial charge in [0.2, 0.25) is 0 Å². The predicted molar refractivity (Wildman–Crippen MR) is 154 cm³/mol. The third kappa shape index (κ3) is 10.1. The topological polar surface area (TPSA) is 36.9 Å². The summed E-state index contributed by atoms with van der Waals surface area (Å²) in [7, 11) is 0. The lowest BCUT2D eigenvalue weighted by Gasteiger charge is -2.28. The molecule has 0 aliphatic heterocycles. The number of hydrogen-bond acceptors (Lipinski definition) is 4. The van der Waals surface area contributed by atoms with Gasteiger partial charge in [0.15, 0.2) is 23.6 Å². The van der Waals surface area contributed by atoms with Crippen molar-refractivity contribution in [1.82, 2.24) is 0 Å². The van der Waals surface area contributed by atoms with Crippen LogP contribution >= 0.6 is 0 Å². The Morgan fingerprint density at radius 1 is 0.800 bits per heavy atom. The Balaban J connectivity index is 1.23. The van der Waals surface area contributed by atoms with E-state index in [-0.39, 0.29) is 17.9 Å². The van der Waals surface area contributed by atoms with Gasteiger partial charge in [-0.05, 0) is 73.8 Å². The smallest absolute Gasteiger partial charge is 0.429 e. The molecular weight excluding hydrogens is 605 g/mol. The largest absolute Gasteiger partial charge is 0.494 e. The summed E-state index contributed by atoms with van der Waals surface area (Å²) in [5.74, 6) is -4.94. The lowest BCUT2D eigenvalue weighted by Crippen LogP contribution is -2.24. The Morgan fingerprint density at radius 3 is 2.04 bits per heavy atom. The van der Waals surface area contributed by atoms with E-state index in [2.05, 4.69) is 28.5 Å². The standard InChI is InChI=1S/C34H35F7O4/c1-2-3-16-42-25-12-10-23(11-13-25)5-4-22-6-8-24(9-7-22)20-43-26-14-15-28(29(35)17-26)34(40,41)45-27-18-30(36)33(31(37)19-27)44-21-32(38)39/h10-15,17-19,21-22,24H,2-9,16,20H2,1H3. The Kier molecular flexibility index (Phi) is 12.0. The zero-order chi connectivity index (χ0) is 32.4. The Labute approximate surface area is 257 Å². The van der Waals surface area contributed by atoms with Crippen molar-refractivity contribution in [2.45, 2.75) is 64.4 Å². The van der Waals surface area contributed by atoms with Gasteiger partial charge in [0.1, 0.15) is 28.6 Å². The van der Waals surface area contributed by atoms with Crippen LogP contribution in [-0.2, 0) is 12.5 Å². The Morgan fingerprint density at radius 2 is 1.42 bits per heavy atom. The maximum atomic E-state index is 14.7. The maximum Gasteiger partial charge on any atom is 0.429 e. The lowest BCUT2D eigenvalue weighted by molar-refractivity contribution is -0.187. The number of hydrogen-bond donors (Lipinski definition) is 0. The van der Waals surface area contributed by atoms with Crippen LogP contribution in [0.15, 0.2) is 66.9 Å². The number of aryl methyl sites for hydroxylation is 1. The van der Waals surface area contributed by atoms with E-state index in [0.717, 1.165) is 81.9 Å². The second kappa shape index (κ2) is 15.9. The van der Waals surface area contributed by atoms with Crippen LogP contribution in [0.4, 0.5) is 30.7 Å². The van der Waals surface area contributed by atoms with Gasteiger partial charge in [-0.2, -0.15) is 17.6 Å². The Bertz CT molecular complexity index is 1390. The summed E-state index contributed by atoms with van der Waals surface area (Å²) < 4.78 is 116. The molecule has 1 aliphatic rings. The summed E-state index contributed by atoms with van der Waals surface area (Å²) in [5.41, 5.74) is 0.0924. The van der Waals surface area contributed by atoms with E-state index in [9.17, 15) is 30.7 Å². The van der Waals surface area contributed by atoms with E-state index in [1.165, 1.54) is 5.56 Å². The number of rotatable bonds is 15. The zero-order valence-electron chi connectivity index (χ0n) is 24.8. The molecule has 0 spiro atoms. The highest BCUT2D eigenvalue weighted by molar-refractivity contribution is 5.37. The van der Waals surface area contributed by atoms with E-state index in [4.69, 9.17) is 9.47 Å². The third-order valence-electron chi connectivity index (χ3n) is 7.72. The second-order valence-electron chi connectivity index (χ2n) is 11.1. The van der Waals surface area contributed by atoms with Crippen LogP contribution in [0.25, 0.3) is 0 Å². The van der Waals surface area contributed by atoms with Gasteiger partial charge in [-0.1, -0.05) is 38.3 Å². The summed E-state index contributed by atoms with van der Waals surface area (Å²) in [6.07, 6.45) is 1.27. The molecule has 0 aromatic heterocycles. The van der Waals surface area contributed by atoms with Gasteiger partial charge < -0.3 is 18.9 Å². The summed E-state index contributed by atoms with van der Waals surface area (Å²) in [4.78, 5) is 0. The molecule has 0 N–H and O–H groups in total. The van der Waals surface area contributed by atoms with Crippen LogP contribution in [0.2, 0.25) is 0 Å². The lowest BCUT2D eigenvalue weighted by atomic mass is 9.80. The minimum absolute atomic E-state index is 0.0584. The SMILES string of the molecule is CCCCOc1ccc(CCC2CCC(COc3ccc(C(F)(F)Oc4cc(F)c(OC=C(F)F)c(F)c4)c(F)c3)CC2)cc1. The molecule has 0 heterocycles. The van der Waals surface area contributed by atoms with Crippen LogP contribution < -0.4 is 18.9 Å². The molecule has 0 unspecified atom stereocenters. The first-order valence-electron chi connectivity index (χ1n) is 14.9. The second-order valence-corrected chi connectivity index (χ2v) is 11.1. The van der Waals surface area contributed by atoms with Crippen LogP contribution in [0, 0.1) is 29.3 Å². The normalized spacial score (nSPS) is 16.6. The van der Waals surface area contributed by atoms with Crippen LogP contribution in [0.1, 0.15) is 63.0 Å². The number of ether oxygens (including phenoxy) is 4. The van der Waals surface area contributed by atoms with Crippen LogP contribution in [0.5, 0.6) is 23.0 Å². The van der Waals surface area contributed by atoms with Gasteiger partial charge in [-0.15, -0.1) is 0 Å². The fourth-order valence-corrected chi connectivity index (χ4v) is 5.19. The van der Waals surface area contributed by atoms with Crippen molar-refractivity contribution >= 4 is 0 Å². The predicted octanol–water partition coefficient (Wildman–Crippen LogP) is 10.3. The molecule has 0 bridgehead atoms. The summed E-state index contributed by atoms with van der Waals surface area (Å²) in [6, 6.07) is 11.6. The van der Waals surface area contributed by atoms with E-state index in [1.54, 1.807) is 0 Å². The van der Waals surface area contributed by atoms with Crippen LogP contribution in [-0.4, -0.2) is 13.2 Å². The molecule has 1 aliphatic carbocycles. The monoisotopic (exact) mass is 640 g/mol. The molecule has 3 aromatic carbocycles. The molecule has 3 aromatic rings. The number of alkyl halides is 2. The van der Waals surface area contributed by atoms with Gasteiger partial charge >= 0.3 is 12.2 Å². The number of unbranched alkanes of at least 4 members (excludes halogenated alkanes) is 1. The average Bonchev–Trinajstić information content (AvgIpc) is 2.99. The zero-order valence-corrected chi connectivity index (χ0v) is 24.8. The first-order valence-corrected chi connectivity index (χ1v) is 14.9. The van der Waals surface area contributed by atoms with Crippen molar-refractivity contribution < 1.29 is 49.7 Å². The van der Waals surface area contributed by atoms with Crippen molar-refractivity contribution in [3.63, 3.8) is 0 Å². The van der Waals surface area contributed by atoms with E-state index >= 15 is 0 Å². The molecule has 4 rings (SSSR count). The van der Waals surface area contributed by atoms with Gasteiger partial charge in [-0.25, -0.2) is 13.2 Å². The highest BCUT2D eigenvalue weighted by Crippen LogP contribution is 2.37. The molecule has 244 valence electrons.